The lowest BCUT2D eigenvalue weighted by atomic mass is 10.0. The fourth-order valence-corrected chi connectivity index (χ4v) is 4.06. The second kappa shape index (κ2) is 15.7. The van der Waals surface area contributed by atoms with Gasteiger partial charge in [-0.05, 0) is 25.5 Å². The molecule has 1 aromatic carbocycles. The first kappa shape index (κ1) is 33.8. The number of nitrogens with one attached hydrogen (secondary N) is 7. The number of hydrogen-bond acceptors (Lipinski definition) is 10. The van der Waals surface area contributed by atoms with Crippen molar-refractivity contribution in [2.45, 2.75) is 50.9 Å². The van der Waals surface area contributed by atoms with Crippen molar-refractivity contribution >= 4 is 58.5 Å². The Balaban J connectivity index is 1.78. The summed E-state index contributed by atoms with van der Waals surface area (Å²) < 4.78 is 9.72. The predicted octanol–water partition coefficient (Wildman–Crippen LogP) is -2.48. The number of rotatable bonds is 5. The molecule has 8 N–H and O–H groups in total. The van der Waals surface area contributed by atoms with Crippen LogP contribution in [-0.2, 0) is 49.5 Å². The number of cyclic esters (lactones) is 2. The van der Waals surface area contributed by atoms with Gasteiger partial charge in [0.2, 0.25) is 36.3 Å². The molecule has 0 spiro atoms. The van der Waals surface area contributed by atoms with Crippen LogP contribution in [-0.4, -0.2) is 102 Å². The van der Waals surface area contributed by atoms with Crippen LogP contribution in [0.15, 0.2) is 30.5 Å². The number of carboxylic acids is 1. The van der Waals surface area contributed by atoms with E-state index in [4.69, 9.17) is 14.6 Å². The predicted molar refractivity (Wildman–Crippen MR) is 152 cm³/mol. The zero-order chi connectivity index (χ0) is 33.1. The van der Waals surface area contributed by atoms with E-state index in [0.29, 0.717) is 5.56 Å². The van der Waals surface area contributed by atoms with Crippen LogP contribution < -0.4 is 31.9 Å². The summed E-state index contributed by atoms with van der Waals surface area (Å²) >= 11 is 0. The first-order chi connectivity index (χ1) is 21.3. The molecule has 0 unspecified atom stereocenters. The number of aromatic nitrogens is 1. The highest BCUT2D eigenvalue weighted by Gasteiger charge is 2.29. The Labute approximate surface area is 255 Å². The maximum atomic E-state index is 13.2. The monoisotopic (exact) mass is 631 g/mol. The van der Waals surface area contributed by atoms with Crippen molar-refractivity contribution in [3.8, 4) is 0 Å². The molecule has 18 heteroatoms. The fourth-order valence-electron chi connectivity index (χ4n) is 4.06. The Kier molecular flexibility index (Phi) is 11.8. The Hall–Kier alpha value is -5.68. The molecule has 0 saturated carbocycles. The van der Waals surface area contributed by atoms with Gasteiger partial charge in [0.15, 0.2) is 0 Å². The molecule has 1 aliphatic heterocycles. The van der Waals surface area contributed by atoms with E-state index < -0.39 is 98.0 Å². The van der Waals surface area contributed by atoms with E-state index in [0.717, 1.165) is 17.8 Å². The van der Waals surface area contributed by atoms with E-state index in [1.165, 1.54) is 6.92 Å². The molecule has 242 valence electrons. The topological polar surface area (TPSA) is 263 Å². The SMILES string of the molecule is C[C@H](NC(=O)[C@H]1CC(=O)OCOC(=O)N[C@@H](Cc2c[nH]c3ccccc23)C(=O)N[C@@H](C)C(=O)NCC(=O)NCC(=O)N1)C(=O)O. The number of para-hydroxylation sites is 1. The third-order valence-electron chi connectivity index (χ3n) is 6.49. The summed E-state index contributed by atoms with van der Waals surface area (Å²) in [4.78, 5) is 102. The number of carbonyl (C=O) groups excluding carboxylic acids is 7. The first-order valence-electron chi connectivity index (χ1n) is 13.6. The minimum Gasteiger partial charge on any atom is -0.480 e. The number of carbonyl (C=O) groups is 8. The highest BCUT2D eigenvalue weighted by molar-refractivity contribution is 5.96. The highest BCUT2D eigenvalue weighted by Crippen LogP contribution is 2.19. The summed E-state index contributed by atoms with van der Waals surface area (Å²) in [7, 11) is 0. The molecule has 45 heavy (non-hydrogen) atoms. The standard InChI is InChI=1S/C27H33N7O11/c1-13-23(38)30-10-20(35)29-11-21(36)33-19(25(40)32-14(2)26(41)42)8-22(37)44-12-45-27(43)34-18(24(39)31-13)7-15-9-28-17-6-4-3-5-16(15)17/h3-6,9,13-14,18-19,28H,7-8,10-12H2,1-2H3,(H,29,35)(H,30,38)(H,31,39)(H,32,40)(H,33,36)(H,34,43)(H,41,42)/t13-,14-,18-,19+/m0/s1. The molecule has 1 saturated heterocycles. The summed E-state index contributed by atoms with van der Waals surface area (Å²) in [5.74, 6) is -6.79. The first-order valence-corrected chi connectivity index (χ1v) is 13.6. The van der Waals surface area contributed by atoms with Crippen LogP contribution in [0.25, 0.3) is 10.9 Å². The molecule has 0 radical (unpaired) electrons. The van der Waals surface area contributed by atoms with Gasteiger partial charge in [0.1, 0.15) is 24.2 Å². The van der Waals surface area contributed by atoms with Gasteiger partial charge in [0, 0.05) is 23.5 Å². The number of aromatic amines is 1. The van der Waals surface area contributed by atoms with E-state index >= 15 is 0 Å². The van der Waals surface area contributed by atoms with E-state index in [1.807, 2.05) is 18.2 Å². The van der Waals surface area contributed by atoms with E-state index in [1.54, 1.807) is 12.3 Å². The van der Waals surface area contributed by atoms with Crippen LogP contribution in [0, 0.1) is 0 Å². The summed E-state index contributed by atoms with van der Waals surface area (Å²) in [6.07, 6.45) is -0.347. The summed E-state index contributed by atoms with van der Waals surface area (Å²) in [6.45, 7) is 0.297. The van der Waals surface area contributed by atoms with E-state index in [2.05, 4.69) is 36.9 Å². The van der Waals surface area contributed by atoms with E-state index in [9.17, 15) is 38.4 Å². The molecule has 3 rings (SSSR count). The fraction of sp³-hybridized carbons (Fsp3) is 0.407. The maximum Gasteiger partial charge on any atom is 0.410 e. The number of alkyl carbamates (subject to hydrolysis) is 1. The second-order valence-electron chi connectivity index (χ2n) is 9.94. The van der Waals surface area contributed by atoms with Gasteiger partial charge in [-0.25, -0.2) is 4.79 Å². The van der Waals surface area contributed by atoms with Gasteiger partial charge < -0.3 is 51.5 Å². The second-order valence-corrected chi connectivity index (χ2v) is 9.94. The van der Waals surface area contributed by atoms with Gasteiger partial charge in [0.25, 0.3) is 0 Å². The van der Waals surface area contributed by atoms with Crippen LogP contribution in [0.4, 0.5) is 4.79 Å². The van der Waals surface area contributed by atoms with Gasteiger partial charge in [-0.2, -0.15) is 0 Å². The molecular formula is C27H33N7O11. The molecule has 1 aliphatic rings. The number of hydrogen-bond donors (Lipinski definition) is 8. The summed E-state index contributed by atoms with van der Waals surface area (Å²) in [5, 5.41) is 23.5. The molecule has 0 bridgehead atoms. The van der Waals surface area contributed by atoms with Crippen molar-refractivity contribution in [1.82, 2.24) is 36.9 Å². The van der Waals surface area contributed by atoms with Crippen molar-refractivity contribution in [2.75, 3.05) is 19.9 Å². The van der Waals surface area contributed by atoms with Gasteiger partial charge >= 0.3 is 18.0 Å². The molecule has 6 amide bonds. The number of aliphatic carboxylic acids is 1. The zero-order valence-corrected chi connectivity index (χ0v) is 24.3. The van der Waals surface area contributed by atoms with Crippen molar-refractivity contribution in [2.24, 2.45) is 0 Å². The number of fused-ring (bicyclic) bond motifs is 1. The van der Waals surface area contributed by atoms with E-state index in [-0.39, 0.29) is 6.42 Å². The maximum absolute atomic E-state index is 13.2. The van der Waals surface area contributed by atoms with Crippen molar-refractivity contribution in [3.63, 3.8) is 0 Å². The highest BCUT2D eigenvalue weighted by atomic mass is 16.7. The molecule has 2 heterocycles. The molecule has 1 aromatic heterocycles. The molecule has 1 fully saturated rings. The van der Waals surface area contributed by atoms with Crippen molar-refractivity contribution in [1.29, 1.82) is 0 Å². The number of benzene rings is 1. The Morgan fingerprint density at radius 2 is 1.67 bits per heavy atom. The Morgan fingerprint density at radius 1 is 0.956 bits per heavy atom. The number of ether oxygens (including phenoxy) is 2. The number of esters is 1. The number of carboxylic acid groups (broad SMARTS) is 1. The molecule has 4 atom stereocenters. The minimum atomic E-state index is -1.63. The lowest BCUT2D eigenvalue weighted by Gasteiger charge is -2.22. The van der Waals surface area contributed by atoms with Crippen LogP contribution in [0.3, 0.4) is 0 Å². The third kappa shape index (κ3) is 10.2. The Morgan fingerprint density at radius 3 is 2.40 bits per heavy atom. The number of amides is 6. The summed E-state index contributed by atoms with van der Waals surface area (Å²) in [5.41, 5.74) is 1.44. The summed E-state index contributed by atoms with van der Waals surface area (Å²) in [6, 6.07) is 1.80. The van der Waals surface area contributed by atoms with Gasteiger partial charge in [0.05, 0.1) is 19.5 Å². The van der Waals surface area contributed by atoms with Gasteiger partial charge in [-0.15, -0.1) is 0 Å². The molecule has 2 aromatic rings. The molecular weight excluding hydrogens is 598 g/mol. The minimum absolute atomic E-state index is 0.0350. The average Bonchev–Trinajstić information content (AvgIpc) is 3.40. The van der Waals surface area contributed by atoms with Gasteiger partial charge in [-0.3, -0.25) is 33.6 Å². The molecule has 18 nitrogen and oxygen atoms in total. The van der Waals surface area contributed by atoms with Crippen molar-refractivity contribution < 1.29 is 52.9 Å². The van der Waals surface area contributed by atoms with Crippen LogP contribution in [0.2, 0.25) is 0 Å². The quantitative estimate of drug-likeness (QED) is 0.160. The third-order valence-corrected chi connectivity index (χ3v) is 6.49. The largest absolute Gasteiger partial charge is 0.480 e. The smallest absolute Gasteiger partial charge is 0.410 e. The zero-order valence-electron chi connectivity index (χ0n) is 24.3. The van der Waals surface area contributed by atoms with Crippen LogP contribution in [0.5, 0.6) is 0 Å². The molecule has 0 aliphatic carbocycles. The number of H-pyrrole nitrogens is 1. The lowest BCUT2D eigenvalue weighted by Crippen LogP contribution is -2.55. The Bertz CT molecular complexity index is 1470. The normalized spacial score (nSPS) is 21.9. The van der Waals surface area contributed by atoms with Crippen LogP contribution >= 0.6 is 0 Å². The lowest BCUT2D eigenvalue weighted by molar-refractivity contribution is -0.154. The van der Waals surface area contributed by atoms with Crippen LogP contribution in [0.1, 0.15) is 25.8 Å². The van der Waals surface area contributed by atoms with Gasteiger partial charge in [-0.1, -0.05) is 18.2 Å². The van der Waals surface area contributed by atoms with Crippen molar-refractivity contribution in [3.05, 3.63) is 36.0 Å². The average molecular weight is 632 g/mol.